The maximum atomic E-state index is 13.6. The molecule has 1 aromatic rings. The minimum atomic E-state index is -2.92. The van der Waals surface area contributed by atoms with Gasteiger partial charge in [-0.2, -0.15) is 0 Å². The number of nitrogens with zero attached hydrogens (tertiary/aromatic N) is 1. The molecule has 4 nitrogen and oxygen atoms in total. The van der Waals surface area contributed by atoms with E-state index in [0.29, 0.717) is 24.2 Å². The van der Waals surface area contributed by atoms with Gasteiger partial charge in [0.2, 0.25) is 0 Å². The van der Waals surface area contributed by atoms with Gasteiger partial charge >= 0.3 is 0 Å². The molecule has 1 saturated heterocycles. The molecule has 0 spiro atoms. The van der Waals surface area contributed by atoms with Gasteiger partial charge in [0, 0.05) is 23.8 Å². The lowest BCUT2D eigenvalue weighted by Gasteiger charge is -2.23. The number of halogens is 1. The lowest BCUT2D eigenvalue weighted by atomic mass is 10.1. The van der Waals surface area contributed by atoms with Crippen LogP contribution >= 0.6 is 0 Å². The van der Waals surface area contributed by atoms with E-state index in [-0.39, 0.29) is 23.4 Å². The maximum absolute atomic E-state index is 13.6. The smallest absolute Gasteiger partial charge is 0.151 e. The van der Waals surface area contributed by atoms with E-state index in [1.54, 1.807) is 19.2 Å². The molecule has 0 aliphatic carbocycles. The first-order valence-electron chi connectivity index (χ1n) is 5.82. The Morgan fingerprint density at radius 3 is 2.78 bits per heavy atom. The summed E-state index contributed by atoms with van der Waals surface area (Å²) in [7, 11) is -1.12. The van der Waals surface area contributed by atoms with Crippen LogP contribution in [0.3, 0.4) is 0 Å². The molecule has 6 heteroatoms. The summed E-state index contributed by atoms with van der Waals surface area (Å²) in [5, 5.41) is 0. The van der Waals surface area contributed by atoms with Crippen LogP contribution in [-0.2, 0) is 16.4 Å². The Labute approximate surface area is 107 Å². The first kappa shape index (κ1) is 13.3. The van der Waals surface area contributed by atoms with Crippen LogP contribution in [0.1, 0.15) is 12.0 Å². The summed E-state index contributed by atoms with van der Waals surface area (Å²) in [6, 6.07) is 4.53. The third kappa shape index (κ3) is 2.81. The first-order valence-corrected chi connectivity index (χ1v) is 7.65. The predicted molar refractivity (Wildman–Crippen MR) is 69.3 cm³/mol. The molecule has 0 aromatic heterocycles. The van der Waals surface area contributed by atoms with Gasteiger partial charge in [-0.3, -0.25) is 4.90 Å². The molecule has 1 aliphatic heterocycles. The lowest BCUT2D eigenvalue weighted by molar-refractivity contribution is 0.251. The summed E-state index contributed by atoms with van der Waals surface area (Å²) in [5.74, 6) is 0.0230. The van der Waals surface area contributed by atoms with Gasteiger partial charge in [-0.15, -0.1) is 0 Å². The number of hydrogen-bond acceptors (Lipinski definition) is 4. The lowest BCUT2D eigenvalue weighted by Crippen LogP contribution is -2.32. The first-order chi connectivity index (χ1) is 8.39. The Morgan fingerprint density at radius 1 is 1.50 bits per heavy atom. The number of hydrogen-bond donors (Lipinski definition) is 1. The van der Waals surface area contributed by atoms with E-state index in [0.717, 1.165) is 0 Å². The standard InChI is InChI=1S/C12H17FN2O2S/c1-15(9-5-6-18(16,17)8-9)7-10-11(13)3-2-4-12(10)14/h2-4,9H,5-8,14H2,1H3. The highest BCUT2D eigenvalue weighted by atomic mass is 32.2. The van der Waals surface area contributed by atoms with Crippen LogP contribution in [0.5, 0.6) is 0 Å². The molecule has 1 unspecified atom stereocenters. The molecule has 2 rings (SSSR count). The Kier molecular flexibility index (Phi) is 3.59. The number of nitrogen functional groups attached to an aromatic ring is 1. The molecule has 100 valence electrons. The summed E-state index contributed by atoms with van der Waals surface area (Å²) in [6.45, 7) is 0.332. The highest BCUT2D eigenvalue weighted by Gasteiger charge is 2.30. The fraction of sp³-hybridized carbons (Fsp3) is 0.500. The van der Waals surface area contributed by atoms with Crippen molar-refractivity contribution >= 4 is 15.5 Å². The van der Waals surface area contributed by atoms with Crippen molar-refractivity contribution in [1.29, 1.82) is 0 Å². The summed E-state index contributed by atoms with van der Waals surface area (Å²) in [5.41, 5.74) is 6.58. The van der Waals surface area contributed by atoms with Crippen molar-refractivity contribution in [2.75, 3.05) is 24.3 Å². The molecule has 1 aromatic carbocycles. The molecule has 0 saturated carbocycles. The van der Waals surface area contributed by atoms with Crippen molar-refractivity contribution in [3.05, 3.63) is 29.6 Å². The van der Waals surface area contributed by atoms with Gasteiger partial charge in [-0.25, -0.2) is 12.8 Å². The Bertz CT molecular complexity index is 525. The second-order valence-corrected chi connectivity index (χ2v) is 7.01. The molecule has 0 radical (unpaired) electrons. The molecule has 18 heavy (non-hydrogen) atoms. The minimum absolute atomic E-state index is 0.0472. The zero-order valence-electron chi connectivity index (χ0n) is 10.3. The number of nitrogens with two attached hydrogens (primary N) is 1. The molecule has 1 aliphatic rings. The fourth-order valence-electron chi connectivity index (χ4n) is 2.24. The molecule has 1 fully saturated rings. The van der Waals surface area contributed by atoms with Gasteiger partial charge in [0.1, 0.15) is 5.82 Å². The minimum Gasteiger partial charge on any atom is -0.398 e. The van der Waals surface area contributed by atoms with Crippen LogP contribution in [0, 0.1) is 5.82 Å². The van der Waals surface area contributed by atoms with Crippen molar-refractivity contribution in [3.63, 3.8) is 0 Å². The number of sulfone groups is 1. The molecular weight excluding hydrogens is 255 g/mol. The van der Waals surface area contributed by atoms with Crippen molar-refractivity contribution in [2.45, 2.75) is 19.0 Å². The highest BCUT2D eigenvalue weighted by molar-refractivity contribution is 7.91. The SMILES string of the molecule is CN(Cc1c(N)cccc1F)C1CCS(=O)(=O)C1. The van der Waals surface area contributed by atoms with E-state index in [4.69, 9.17) is 5.73 Å². The molecule has 2 N–H and O–H groups in total. The molecule has 1 heterocycles. The van der Waals surface area contributed by atoms with Crippen LogP contribution in [-0.4, -0.2) is 37.9 Å². The normalized spacial score (nSPS) is 22.5. The van der Waals surface area contributed by atoms with Gasteiger partial charge in [0.05, 0.1) is 11.5 Å². The van der Waals surface area contributed by atoms with Crippen LogP contribution in [0.15, 0.2) is 18.2 Å². The number of anilines is 1. The summed E-state index contributed by atoms with van der Waals surface area (Å²) in [4.78, 5) is 1.86. The van der Waals surface area contributed by atoms with Crippen molar-refractivity contribution in [3.8, 4) is 0 Å². The van der Waals surface area contributed by atoms with E-state index in [9.17, 15) is 12.8 Å². The van der Waals surface area contributed by atoms with E-state index >= 15 is 0 Å². The van der Waals surface area contributed by atoms with Gasteiger partial charge in [-0.1, -0.05) is 6.07 Å². The third-order valence-electron chi connectivity index (χ3n) is 3.39. The summed E-state index contributed by atoms with van der Waals surface area (Å²) < 4.78 is 36.4. The third-order valence-corrected chi connectivity index (χ3v) is 5.14. The monoisotopic (exact) mass is 272 g/mol. The van der Waals surface area contributed by atoms with Crippen LogP contribution in [0.4, 0.5) is 10.1 Å². The molecular formula is C12H17FN2O2S. The van der Waals surface area contributed by atoms with Gasteiger partial charge in [0.15, 0.2) is 9.84 Å². The van der Waals surface area contributed by atoms with Crippen molar-refractivity contribution < 1.29 is 12.8 Å². The second-order valence-electron chi connectivity index (χ2n) is 4.78. The Balaban J connectivity index is 2.10. The van der Waals surface area contributed by atoms with Crippen LogP contribution < -0.4 is 5.73 Å². The zero-order valence-corrected chi connectivity index (χ0v) is 11.1. The fourth-order valence-corrected chi connectivity index (χ4v) is 4.05. The van der Waals surface area contributed by atoms with E-state index in [2.05, 4.69) is 0 Å². The molecule has 0 bridgehead atoms. The van der Waals surface area contributed by atoms with Crippen LogP contribution in [0.25, 0.3) is 0 Å². The predicted octanol–water partition coefficient (Wildman–Crippen LogP) is 1.03. The van der Waals surface area contributed by atoms with E-state index in [1.165, 1.54) is 6.07 Å². The maximum Gasteiger partial charge on any atom is 0.151 e. The van der Waals surface area contributed by atoms with E-state index < -0.39 is 9.84 Å². The Hall–Kier alpha value is -1.14. The summed E-state index contributed by atoms with van der Waals surface area (Å²) in [6.07, 6.45) is 0.604. The average molecular weight is 272 g/mol. The topological polar surface area (TPSA) is 63.4 Å². The quantitative estimate of drug-likeness (QED) is 0.835. The van der Waals surface area contributed by atoms with Crippen molar-refractivity contribution in [1.82, 2.24) is 4.90 Å². The largest absolute Gasteiger partial charge is 0.398 e. The highest BCUT2D eigenvalue weighted by Crippen LogP contribution is 2.22. The molecule has 0 amide bonds. The van der Waals surface area contributed by atoms with Gasteiger partial charge in [0.25, 0.3) is 0 Å². The zero-order chi connectivity index (χ0) is 13.3. The van der Waals surface area contributed by atoms with Crippen LogP contribution in [0.2, 0.25) is 0 Å². The second kappa shape index (κ2) is 4.85. The number of rotatable bonds is 3. The van der Waals surface area contributed by atoms with Crippen molar-refractivity contribution in [2.24, 2.45) is 0 Å². The van der Waals surface area contributed by atoms with Gasteiger partial charge in [-0.05, 0) is 25.6 Å². The Morgan fingerprint density at radius 2 is 2.22 bits per heavy atom. The average Bonchev–Trinajstić information content (AvgIpc) is 2.64. The summed E-state index contributed by atoms with van der Waals surface area (Å²) >= 11 is 0. The molecule has 1 atom stereocenters. The number of benzene rings is 1. The van der Waals surface area contributed by atoms with E-state index in [1.807, 2.05) is 4.90 Å². The van der Waals surface area contributed by atoms with Gasteiger partial charge < -0.3 is 5.73 Å².